The van der Waals surface area contributed by atoms with Crippen molar-refractivity contribution in [2.75, 3.05) is 18.1 Å². The van der Waals surface area contributed by atoms with E-state index < -0.39 is 11.7 Å². The summed E-state index contributed by atoms with van der Waals surface area (Å²) in [5.41, 5.74) is -0.487. The average Bonchev–Trinajstić information content (AvgIpc) is 2.71. The summed E-state index contributed by atoms with van der Waals surface area (Å²) in [5, 5.41) is 6.79. The number of hydrogen-bond acceptors (Lipinski definition) is 6. The van der Waals surface area contributed by atoms with Crippen LogP contribution >= 0.6 is 11.8 Å². The predicted molar refractivity (Wildman–Crippen MR) is 86.2 cm³/mol. The zero-order chi connectivity index (χ0) is 16.0. The van der Waals surface area contributed by atoms with Gasteiger partial charge in [-0.05, 0) is 51.5 Å². The van der Waals surface area contributed by atoms with Crippen LogP contribution in [0.5, 0.6) is 0 Å². The molecule has 124 valence electrons. The number of nitrogens with zero attached hydrogens (tertiary/aromatic N) is 2. The van der Waals surface area contributed by atoms with Crippen molar-refractivity contribution in [3.63, 3.8) is 0 Å². The third-order valence-electron chi connectivity index (χ3n) is 3.31. The van der Waals surface area contributed by atoms with Gasteiger partial charge in [0.2, 0.25) is 5.89 Å². The second kappa shape index (κ2) is 7.85. The Hall–Kier alpha value is -1.24. The number of carbonyl (C=O) groups excluding carboxylic acids is 1. The fourth-order valence-electron chi connectivity index (χ4n) is 2.28. The van der Waals surface area contributed by atoms with Crippen LogP contribution < -0.4 is 5.32 Å². The first kappa shape index (κ1) is 17.1. The molecule has 1 aliphatic heterocycles. The summed E-state index contributed by atoms with van der Waals surface area (Å²) in [5.74, 6) is 4.18. The van der Waals surface area contributed by atoms with Crippen molar-refractivity contribution in [2.45, 2.75) is 58.0 Å². The second-order valence-electron chi connectivity index (χ2n) is 6.47. The smallest absolute Gasteiger partial charge is 0.407 e. The standard InChI is InChI=1S/C15H25N3O3S/c1-15(2,3)20-14(19)16-8-6-12-17-13(18-21-12)11-5-4-9-22-10-7-11/h11H,4-10H2,1-3H3,(H,16,19)/t11-/m0/s1. The van der Waals surface area contributed by atoms with E-state index in [2.05, 4.69) is 15.5 Å². The third kappa shape index (κ3) is 5.87. The molecule has 1 fully saturated rings. The Balaban J connectivity index is 1.76. The van der Waals surface area contributed by atoms with E-state index in [1.807, 2.05) is 32.5 Å². The molecule has 22 heavy (non-hydrogen) atoms. The van der Waals surface area contributed by atoms with E-state index in [-0.39, 0.29) is 0 Å². The van der Waals surface area contributed by atoms with Crippen LogP contribution in [0.15, 0.2) is 4.52 Å². The number of alkyl carbamates (subject to hydrolysis) is 1. The first-order valence-corrected chi connectivity index (χ1v) is 8.96. The fourth-order valence-corrected chi connectivity index (χ4v) is 3.31. The second-order valence-corrected chi connectivity index (χ2v) is 7.69. The van der Waals surface area contributed by atoms with Gasteiger partial charge in [-0.2, -0.15) is 16.7 Å². The van der Waals surface area contributed by atoms with Crippen molar-refractivity contribution in [2.24, 2.45) is 0 Å². The molecule has 1 aliphatic rings. The third-order valence-corrected chi connectivity index (χ3v) is 4.41. The number of nitrogens with one attached hydrogen (secondary N) is 1. The highest BCUT2D eigenvalue weighted by molar-refractivity contribution is 7.99. The van der Waals surface area contributed by atoms with E-state index in [1.54, 1.807) is 0 Å². The van der Waals surface area contributed by atoms with Gasteiger partial charge in [-0.1, -0.05) is 5.16 Å². The molecule has 1 aromatic rings. The molecule has 2 rings (SSSR count). The molecule has 0 radical (unpaired) electrons. The Morgan fingerprint density at radius 2 is 2.23 bits per heavy atom. The van der Waals surface area contributed by atoms with Gasteiger partial charge in [0.1, 0.15) is 5.60 Å². The van der Waals surface area contributed by atoms with Gasteiger partial charge in [0, 0.05) is 18.9 Å². The maximum Gasteiger partial charge on any atom is 0.407 e. The summed E-state index contributed by atoms with van der Waals surface area (Å²) in [6.45, 7) is 5.93. The number of thioether (sulfide) groups is 1. The quantitative estimate of drug-likeness (QED) is 0.915. The maximum atomic E-state index is 11.5. The fraction of sp³-hybridized carbons (Fsp3) is 0.800. The number of hydrogen-bond donors (Lipinski definition) is 1. The van der Waals surface area contributed by atoms with Gasteiger partial charge in [-0.3, -0.25) is 0 Å². The number of ether oxygens (including phenoxy) is 1. The van der Waals surface area contributed by atoms with Gasteiger partial charge in [0.05, 0.1) is 0 Å². The highest BCUT2D eigenvalue weighted by Gasteiger charge is 2.20. The Bertz CT molecular complexity index is 477. The molecule has 6 nitrogen and oxygen atoms in total. The Kier molecular flexibility index (Phi) is 6.11. The lowest BCUT2D eigenvalue weighted by Gasteiger charge is -2.19. The molecule has 0 saturated carbocycles. The minimum absolute atomic E-state index is 0.409. The average molecular weight is 327 g/mol. The summed E-state index contributed by atoms with van der Waals surface area (Å²) >= 11 is 1.99. The largest absolute Gasteiger partial charge is 0.444 e. The van der Waals surface area contributed by atoms with Gasteiger partial charge >= 0.3 is 6.09 Å². The van der Waals surface area contributed by atoms with Crippen LogP contribution in [0.25, 0.3) is 0 Å². The lowest BCUT2D eigenvalue weighted by atomic mass is 10.0. The van der Waals surface area contributed by atoms with Crippen LogP contribution in [0.4, 0.5) is 4.79 Å². The molecule has 0 spiro atoms. The minimum atomic E-state index is -0.487. The molecule has 1 aromatic heterocycles. The van der Waals surface area contributed by atoms with Gasteiger partial charge in [0.15, 0.2) is 5.82 Å². The molecular weight excluding hydrogens is 302 g/mol. The van der Waals surface area contributed by atoms with Crippen LogP contribution in [0.3, 0.4) is 0 Å². The number of amides is 1. The molecular formula is C15H25N3O3S. The molecule has 0 aliphatic carbocycles. The lowest BCUT2D eigenvalue weighted by Crippen LogP contribution is -2.33. The molecule has 0 bridgehead atoms. The Morgan fingerprint density at radius 1 is 1.41 bits per heavy atom. The van der Waals surface area contributed by atoms with Gasteiger partial charge < -0.3 is 14.6 Å². The summed E-state index contributed by atoms with van der Waals surface area (Å²) in [6, 6.07) is 0. The van der Waals surface area contributed by atoms with Crippen LogP contribution in [0.1, 0.15) is 57.7 Å². The van der Waals surface area contributed by atoms with Crippen molar-refractivity contribution in [3.8, 4) is 0 Å². The highest BCUT2D eigenvalue weighted by atomic mass is 32.2. The minimum Gasteiger partial charge on any atom is -0.444 e. The summed E-state index contributed by atoms with van der Waals surface area (Å²) in [4.78, 5) is 16.0. The van der Waals surface area contributed by atoms with E-state index in [4.69, 9.17) is 9.26 Å². The molecule has 2 heterocycles. The molecule has 1 amide bonds. The van der Waals surface area contributed by atoms with Crippen LogP contribution in [-0.4, -0.2) is 39.9 Å². The van der Waals surface area contributed by atoms with Gasteiger partial charge in [0.25, 0.3) is 0 Å². The monoisotopic (exact) mass is 327 g/mol. The molecule has 1 saturated heterocycles. The van der Waals surface area contributed by atoms with Gasteiger partial charge in [-0.25, -0.2) is 4.79 Å². The summed E-state index contributed by atoms with van der Waals surface area (Å²) in [6.07, 6.45) is 3.54. The van der Waals surface area contributed by atoms with E-state index in [1.165, 1.54) is 12.2 Å². The van der Waals surface area contributed by atoms with Crippen molar-refractivity contribution >= 4 is 17.9 Å². The van der Waals surface area contributed by atoms with Crippen molar-refractivity contribution in [3.05, 3.63) is 11.7 Å². The molecule has 0 aromatic carbocycles. The van der Waals surface area contributed by atoms with Crippen molar-refractivity contribution in [1.29, 1.82) is 0 Å². The molecule has 1 atom stereocenters. The molecule has 1 N–H and O–H groups in total. The highest BCUT2D eigenvalue weighted by Crippen LogP contribution is 2.28. The van der Waals surface area contributed by atoms with Crippen LogP contribution in [-0.2, 0) is 11.2 Å². The lowest BCUT2D eigenvalue weighted by molar-refractivity contribution is 0.0527. The zero-order valence-corrected chi connectivity index (χ0v) is 14.4. The van der Waals surface area contributed by atoms with Crippen molar-refractivity contribution < 1.29 is 14.1 Å². The number of carbonyl (C=O) groups is 1. The topological polar surface area (TPSA) is 77.2 Å². The summed E-state index contributed by atoms with van der Waals surface area (Å²) < 4.78 is 10.5. The number of aromatic nitrogens is 2. The zero-order valence-electron chi connectivity index (χ0n) is 13.6. The predicted octanol–water partition coefficient (Wildman–Crippen LogP) is 3.14. The normalized spacial score (nSPS) is 19.5. The van der Waals surface area contributed by atoms with E-state index in [0.717, 1.165) is 24.4 Å². The van der Waals surface area contributed by atoms with Crippen molar-refractivity contribution in [1.82, 2.24) is 15.5 Å². The Morgan fingerprint density at radius 3 is 3.00 bits per heavy atom. The van der Waals surface area contributed by atoms with E-state index in [0.29, 0.717) is 24.8 Å². The molecule has 0 unspecified atom stereocenters. The Labute approximate surface area is 135 Å². The first-order valence-electron chi connectivity index (χ1n) is 7.81. The van der Waals surface area contributed by atoms with Crippen LogP contribution in [0, 0.1) is 0 Å². The first-order chi connectivity index (χ1) is 10.4. The van der Waals surface area contributed by atoms with E-state index in [9.17, 15) is 4.79 Å². The number of rotatable bonds is 4. The maximum absolute atomic E-state index is 11.5. The van der Waals surface area contributed by atoms with Crippen LogP contribution in [0.2, 0.25) is 0 Å². The SMILES string of the molecule is CC(C)(C)OC(=O)NCCc1nc([C@H]2CCCSCC2)no1. The van der Waals surface area contributed by atoms with E-state index >= 15 is 0 Å². The summed E-state index contributed by atoms with van der Waals surface area (Å²) in [7, 11) is 0. The van der Waals surface area contributed by atoms with Gasteiger partial charge in [-0.15, -0.1) is 0 Å². The molecule has 7 heteroatoms.